The van der Waals surface area contributed by atoms with Crippen LogP contribution in [0.4, 0.5) is 0 Å². The lowest BCUT2D eigenvalue weighted by Crippen LogP contribution is -2.10. The summed E-state index contributed by atoms with van der Waals surface area (Å²) in [5, 5.41) is 0. The summed E-state index contributed by atoms with van der Waals surface area (Å²) >= 11 is 0. The quantitative estimate of drug-likeness (QED) is 0.516. The highest BCUT2D eigenvalue weighted by molar-refractivity contribution is 5.26. The zero-order valence-electron chi connectivity index (χ0n) is 19.2. The van der Waals surface area contributed by atoms with Crippen molar-refractivity contribution in [1.82, 2.24) is 0 Å². The maximum atomic E-state index is 2.23. The first-order valence-electron chi connectivity index (χ1n) is 10.5. The maximum Gasteiger partial charge on any atom is -0.0132 e. The molecule has 26 heavy (non-hydrogen) atoms. The van der Waals surface area contributed by atoms with E-state index in [4.69, 9.17) is 0 Å². The second-order valence-corrected chi connectivity index (χ2v) is 7.21. The molecular weight excluding hydrogens is 312 g/mol. The molecule has 0 aliphatic heterocycles. The molecule has 0 saturated carbocycles. The van der Waals surface area contributed by atoms with Crippen LogP contribution in [0.3, 0.4) is 0 Å². The molecule has 0 heterocycles. The van der Waals surface area contributed by atoms with Crippen LogP contribution >= 0.6 is 0 Å². The Kier molecular flexibility index (Phi) is 16.1. The van der Waals surface area contributed by atoms with Crippen molar-refractivity contribution in [1.29, 1.82) is 0 Å². The summed E-state index contributed by atoms with van der Waals surface area (Å²) in [6.07, 6.45) is 3.83. The first-order chi connectivity index (χ1) is 12.3. The third-order valence-electron chi connectivity index (χ3n) is 3.86. The van der Waals surface area contributed by atoms with Crippen molar-refractivity contribution < 1.29 is 0 Å². The van der Waals surface area contributed by atoms with Gasteiger partial charge in [0, 0.05) is 0 Å². The van der Waals surface area contributed by atoms with Crippen molar-refractivity contribution in [2.45, 2.75) is 93.9 Å². The molecular formula is C26H44. The zero-order chi connectivity index (χ0) is 20.6. The number of unbranched alkanes of at least 4 members (excludes halogenated alkanes) is 1. The van der Waals surface area contributed by atoms with Crippen molar-refractivity contribution in [2.75, 3.05) is 0 Å². The van der Waals surface area contributed by atoms with Crippen molar-refractivity contribution in [2.24, 2.45) is 0 Å². The van der Waals surface area contributed by atoms with Crippen LogP contribution in [-0.4, -0.2) is 0 Å². The Morgan fingerprint density at radius 2 is 1.04 bits per heavy atom. The first-order valence-corrected chi connectivity index (χ1v) is 10.5. The lowest BCUT2D eigenvalue weighted by Gasteiger charge is -2.18. The molecule has 0 heteroatoms. The second-order valence-electron chi connectivity index (χ2n) is 7.21. The Morgan fingerprint density at radius 3 is 1.38 bits per heavy atom. The molecule has 2 aromatic carbocycles. The third kappa shape index (κ3) is 12.8. The van der Waals surface area contributed by atoms with Gasteiger partial charge in [-0.1, -0.05) is 121 Å². The van der Waals surface area contributed by atoms with Gasteiger partial charge in [-0.3, -0.25) is 0 Å². The fourth-order valence-electron chi connectivity index (χ4n) is 2.19. The molecule has 0 spiro atoms. The normalized spacial score (nSPS) is 9.62. The molecule has 0 radical (unpaired) electrons. The van der Waals surface area contributed by atoms with Gasteiger partial charge in [0.15, 0.2) is 0 Å². The van der Waals surface area contributed by atoms with Gasteiger partial charge >= 0.3 is 0 Å². The van der Waals surface area contributed by atoms with E-state index in [-0.39, 0.29) is 5.41 Å². The summed E-state index contributed by atoms with van der Waals surface area (Å²) in [7, 11) is 0. The molecule has 0 aromatic heterocycles. The van der Waals surface area contributed by atoms with Crippen LogP contribution in [0.1, 0.15) is 90.5 Å². The predicted octanol–water partition coefficient (Wildman–Crippen LogP) is 8.68. The molecule has 0 saturated heterocycles. The fraction of sp³-hybridized carbons (Fsp3) is 0.538. The standard InChI is InChI=1S/2C11H16.2C2H6/c1-9-5-7-10(8-6-9)11(2,3)4;1-3-4-5-11-8-6-10(2)7-9-11;2*1-2/h5-8H,1-4H3;6-9H,3-5H2,1-2H3;2*1-2H3. The van der Waals surface area contributed by atoms with Gasteiger partial charge in [-0.2, -0.15) is 0 Å². The molecule has 0 fully saturated rings. The molecule has 0 atom stereocenters. The number of hydrogen-bond acceptors (Lipinski definition) is 0. The van der Waals surface area contributed by atoms with Crippen LogP contribution in [0.15, 0.2) is 48.5 Å². The van der Waals surface area contributed by atoms with Crippen LogP contribution in [0.25, 0.3) is 0 Å². The highest BCUT2D eigenvalue weighted by atomic mass is 14.2. The van der Waals surface area contributed by atoms with E-state index in [0.717, 1.165) is 0 Å². The summed E-state index contributed by atoms with van der Waals surface area (Å²) < 4.78 is 0. The van der Waals surface area contributed by atoms with Crippen molar-refractivity contribution in [3.05, 3.63) is 70.8 Å². The summed E-state index contributed by atoms with van der Waals surface area (Å²) in [6.45, 7) is 21.2. The van der Waals surface area contributed by atoms with Gasteiger partial charge in [0.1, 0.15) is 0 Å². The lowest BCUT2D eigenvalue weighted by molar-refractivity contribution is 0.590. The highest BCUT2D eigenvalue weighted by Crippen LogP contribution is 2.21. The fourth-order valence-corrected chi connectivity index (χ4v) is 2.19. The topological polar surface area (TPSA) is 0 Å². The second kappa shape index (κ2) is 15.7. The van der Waals surface area contributed by atoms with E-state index in [1.165, 1.54) is 41.5 Å². The molecule has 2 rings (SSSR count). The van der Waals surface area contributed by atoms with E-state index < -0.39 is 0 Å². The Balaban J connectivity index is 0. The van der Waals surface area contributed by atoms with Crippen molar-refractivity contribution in [3.63, 3.8) is 0 Å². The van der Waals surface area contributed by atoms with Gasteiger partial charge in [-0.15, -0.1) is 0 Å². The molecule has 0 unspecified atom stereocenters. The summed E-state index contributed by atoms with van der Waals surface area (Å²) in [4.78, 5) is 0. The summed E-state index contributed by atoms with van der Waals surface area (Å²) in [6, 6.07) is 17.6. The number of aryl methyl sites for hydroxylation is 3. The first kappa shape index (κ1) is 26.7. The van der Waals surface area contributed by atoms with Gasteiger partial charge in [-0.05, 0) is 43.2 Å². The van der Waals surface area contributed by atoms with Gasteiger partial charge in [-0.25, -0.2) is 0 Å². The molecule has 0 bridgehead atoms. The molecule has 0 aliphatic rings. The average Bonchev–Trinajstić information content (AvgIpc) is 2.65. The van der Waals surface area contributed by atoms with Gasteiger partial charge < -0.3 is 0 Å². The minimum absolute atomic E-state index is 0.285. The van der Waals surface area contributed by atoms with E-state index >= 15 is 0 Å². The predicted molar refractivity (Wildman–Crippen MR) is 122 cm³/mol. The van der Waals surface area contributed by atoms with Crippen LogP contribution < -0.4 is 0 Å². The average molecular weight is 357 g/mol. The van der Waals surface area contributed by atoms with Crippen LogP contribution in [0.2, 0.25) is 0 Å². The molecule has 148 valence electrons. The van der Waals surface area contributed by atoms with E-state index in [2.05, 4.69) is 90.1 Å². The van der Waals surface area contributed by atoms with Crippen LogP contribution in [0, 0.1) is 13.8 Å². The lowest BCUT2D eigenvalue weighted by atomic mass is 9.87. The maximum absolute atomic E-state index is 2.23. The Morgan fingerprint density at radius 1 is 0.654 bits per heavy atom. The smallest absolute Gasteiger partial charge is 0.0132 e. The molecule has 0 aliphatic carbocycles. The Labute approximate surface area is 165 Å². The van der Waals surface area contributed by atoms with E-state index in [1.807, 2.05) is 27.7 Å². The SMILES string of the molecule is CC.CC.CCCCc1ccc(C)cc1.Cc1ccc(C(C)(C)C)cc1. The van der Waals surface area contributed by atoms with Gasteiger partial charge in [0.2, 0.25) is 0 Å². The van der Waals surface area contributed by atoms with Crippen LogP contribution in [0.5, 0.6) is 0 Å². The largest absolute Gasteiger partial charge is 0.0683 e. The van der Waals surface area contributed by atoms with Crippen molar-refractivity contribution in [3.8, 4) is 0 Å². The zero-order valence-corrected chi connectivity index (χ0v) is 19.2. The minimum atomic E-state index is 0.285. The van der Waals surface area contributed by atoms with E-state index in [9.17, 15) is 0 Å². The molecule has 2 aromatic rings. The van der Waals surface area contributed by atoms with Crippen molar-refractivity contribution >= 4 is 0 Å². The number of hydrogen-bond donors (Lipinski definition) is 0. The Bertz CT molecular complexity index is 524. The monoisotopic (exact) mass is 356 g/mol. The number of rotatable bonds is 3. The summed E-state index contributed by atoms with van der Waals surface area (Å²) in [5.74, 6) is 0. The summed E-state index contributed by atoms with van der Waals surface area (Å²) in [5.41, 5.74) is 5.84. The van der Waals surface area contributed by atoms with Gasteiger partial charge in [0.25, 0.3) is 0 Å². The molecule has 0 amide bonds. The molecule has 0 nitrogen and oxygen atoms in total. The minimum Gasteiger partial charge on any atom is -0.0683 e. The third-order valence-corrected chi connectivity index (χ3v) is 3.86. The van der Waals surface area contributed by atoms with Gasteiger partial charge in [0.05, 0.1) is 0 Å². The number of benzene rings is 2. The Hall–Kier alpha value is -1.56. The highest BCUT2D eigenvalue weighted by Gasteiger charge is 2.11. The van der Waals surface area contributed by atoms with Crippen LogP contribution in [-0.2, 0) is 11.8 Å². The molecule has 0 N–H and O–H groups in total. The van der Waals surface area contributed by atoms with E-state index in [0.29, 0.717) is 0 Å². The van der Waals surface area contributed by atoms with E-state index in [1.54, 1.807) is 0 Å².